The lowest BCUT2D eigenvalue weighted by Crippen LogP contribution is -2.76. The number of rotatable bonds is 9. The van der Waals surface area contributed by atoms with E-state index in [1.54, 1.807) is 15.6 Å². The maximum absolute atomic E-state index is 2.62. The van der Waals surface area contributed by atoms with Gasteiger partial charge in [0.15, 0.2) is 8.07 Å². The van der Waals surface area contributed by atoms with E-state index < -0.39 is 25.7 Å². The van der Waals surface area contributed by atoms with Crippen LogP contribution in [0, 0.1) is 0 Å². The van der Waals surface area contributed by atoms with Gasteiger partial charge in [-0.15, -0.1) is 0 Å². The van der Waals surface area contributed by atoms with E-state index in [1.807, 2.05) is 0 Å². The van der Waals surface area contributed by atoms with E-state index in [-0.39, 0.29) is 0 Å². The van der Waals surface area contributed by atoms with Crippen molar-refractivity contribution in [2.75, 3.05) is 0 Å². The van der Waals surface area contributed by atoms with Crippen molar-refractivity contribution in [2.24, 2.45) is 0 Å². The average molecular weight is 577 g/mol. The van der Waals surface area contributed by atoms with Gasteiger partial charge in [-0.2, -0.15) is 0 Å². The van der Waals surface area contributed by atoms with E-state index in [0.717, 1.165) is 28.6 Å². The summed E-state index contributed by atoms with van der Waals surface area (Å²) in [6.07, 6.45) is 0. The van der Waals surface area contributed by atoms with Crippen LogP contribution in [0.3, 0.4) is 0 Å². The average Bonchev–Trinajstić information content (AvgIpc) is 2.93. The Hall–Kier alpha value is -1.82. The van der Waals surface area contributed by atoms with Crippen LogP contribution in [0.5, 0.6) is 0 Å². The van der Waals surface area contributed by atoms with Crippen LogP contribution in [0.2, 0.25) is 45.8 Å². The first-order valence-corrected chi connectivity index (χ1v) is 24.4. The largest absolute Gasteiger partial charge is 0.179 e. The Morgan fingerprint density at radius 1 is 0.459 bits per heavy atom. The lowest BCUT2D eigenvalue weighted by molar-refractivity contribution is 1.70. The van der Waals surface area contributed by atoms with Gasteiger partial charge >= 0.3 is 0 Å². The molecule has 0 spiro atoms. The van der Waals surface area contributed by atoms with Gasteiger partial charge in [-0.25, -0.2) is 0 Å². The maximum atomic E-state index is 2.62. The third kappa shape index (κ3) is 5.79. The molecule has 4 aromatic carbocycles. The Kier molecular flexibility index (Phi) is 9.42. The molecule has 4 aromatic rings. The molecule has 4 rings (SSSR count). The van der Waals surface area contributed by atoms with Gasteiger partial charge in [-0.05, 0) is 20.7 Å². The van der Waals surface area contributed by atoms with Gasteiger partial charge in [0.25, 0.3) is 0 Å². The zero-order valence-electron chi connectivity index (χ0n) is 23.2. The topological polar surface area (TPSA) is 0 Å². The quantitative estimate of drug-likeness (QED) is 0.207. The fourth-order valence-corrected chi connectivity index (χ4v) is 14.4. The molecule has 8 radical (unpaired) electrons. The molecule has 184 valence electrons. The van der Waals surface area contributed by atoms with Crippen LogP contribution >= 0.6 is 0 Å². The molecule has 0 N–H and O–H groups in total. The van der Waals surface area contributed by atoms with Crippen LogP contribution in [-0.2, 0) is 0 Å². The summed E-state index contributed by atoms with van der Waals surface area (Å²) in [7, 11) is -1.34. The molecule has 37 heavy (non-hydrogen) atoms. The highest BCUT2D eigenvalue weighted by Crippen LogP contribution is 2.08. The van der Waals surface area contributed by atoms with Gasteiger partial charge in [0.2, 0.25) is 0 Å². The summed E-state index contributed by atoms with van der Waals surface area (Å²) in [4.78, 5) is 0. The summed E-state index contributed by atoms with van der Waals surface area (Å²) in [5.74, 6) is 0. The van der Waals surface area contributed by atoms with Crippen LogP contribution in [-0.4, -0.2) is 54.2 Å². The molecule has 0 unspecified atom stereocenters. The Morgan fingerprint density at radius 2 is 0.811 bits per heavy atom. The minimum Gasteiger partial charge on any atom is -0.0688 e. The second kappa shape index (κ2) is 12.4. The van der Waals surface area contributed by atoms with Crippen molar-refractivity contribution in [1.29, 1.82) is 0 Å². The molecule has 0 aliphatic heterocycles. The molecule has 0 bridgehead atoms. The molecule has 0 saturated carbocycles. The third-order valence-electron chi connectivity index (χ3n) is 7.27. The van der Waals surface area contributed by atoms with Crippen LogP contribution in [0.15, 0.2) is 91.0 Å². The Labute approximate surface area is 236 Å². The van der Waals surface area contributed by atoms with Crippen molar-refractivity contribution in [3.8, 4) is 0 Å². The van der Waals surface area contributed by atoms with Gasteiger partial charge in [0, 0.05) is 0 Å². The van der Waals surface area contributed by atoms with Crippen molar-refractivity contribution in [3.63, 3.8) is 0 Å². The minimum atomic E-state index is -2.55. The van der Waals surface area contributed by atoms with Crippen LogP contribution in [0.25, 0.3) is 0 Å². The van der Waals surface area contributed by atoms with Crippen LogP contribution in [0.1, 0.15) is 0 Å². The zero-order valence-corrected chi connectivity index (χ0v) is 29.2. The predicted molar refractivity (Wildman–Crippen MR) is 178 cm³/mol. The summed E-state index contributed by atoms with van der Waals surface area (Å²) in [6.45, 7) is 16.7. The van der Waals surface area contributed by atoms with E-state index in [9.17, 15) is 0 Å². The van der Waals surface area contributed by atoms with E-state index in [1.165, 1.54) is 31.1 Å². The highest BCUT2D eigenvalue weighted by atomic mass is 28.3. The Bertz CT molecular complexity index is 1220. The molecule has 0 aliphatic carbocycles. The molecule has 0 aromatic heterocycles. The number of hydrogen-bond donors (Lipinski definition) is 0. The van der Waals surface area contributed by atoms with Crippen molar-refractivity contribution < 1.29 is 0 Å². The van der Waals surface area contributed by atoms with E-state index in [4.69, 9.17) is 0 Å². The summed E-state index contributed by atoms with van der Waals surface area (Å²) in [5, 5.41) is 13.7. The highest BCUT2D eigenvalue weighted by molar-refractivity contribution is 7.20. The highest BCUT2D eigenvalue weighted by Gasteiger charge is 2.42. The maximum Gasteiger partial charge on any atom is 0.179 e. The molecule has 0 atom stereocenters. The predicted octanol–water partition coefficient (Wildman–Crippen LogP) is 1.12. The minimum absolute atomic E-state index is 0.588. The summed E-state index contributed by atoms with van der Waals surface area (Å²) in [5.41, 5.74) is 0. The van der Waals surface area contributed by atoms with Gasteiger partial charge in [0.05, 0.1) is 46.2 Å². The summed E-state index contributed by atoms with van der Waals surface area (Å²) in [6, 6.07) is 36.6. The second-order valence-corrected chi connectivity index (χ2v) is 22.2. The standard InChI is InChI=1S/C31H36Si6/c1-32-23-11-8-14-28(17-23)37(29-15-9-12-24(18-29)33-2,30-16-10-13-25(19-30)34-3)31-21-26(35(4)5)20-27(22-31)36(6)7/h8-22H,1-7H3. The van der Waals surface area contributed by atoms with Gasteiger partial charge in [-0.3, -0.25) is 0 Å². The van der Waals surface area contributed by atoms with Gasteiger partial charge < -0.3 is 0 Å². The van der Waals surface area contributed by atoms with E-state index in [2.05, 4.69) is 137 Å². The molecule has 0 amide bonds. The summed E-state index contributed by atoms with van der Waals surface area (Å²) < 4.78 is 0. The van der Waals surface area contributed by atoms with Gasteiger partial charge in [-0.1, -0.05) is 163 Å². The first-order valence-electron chi connectivity index (χ1n) is 12.9. The fourth-order valence-electron chi connectivity index (χ4n) is 5.15. The molecular formula is C31H36Si6. The fraction of sp³-hybridized carbons (Fsp3) is 0.226. The Balaban J connectivity index is 2.23. The second-order valence-electron chi connectivity index (χ2n) is 10.0. The van der Waals surface area contributed by atoms with Crippen molar-refractivity contribution in [3.05, 3.63) is 91.0 Å². The molecule has 0 nitrogen and oxygen atoms in total. The monoisotopic (exact) mass is 576 g/mol. The van der Waals surface area contributed by atoms with E-state index in [0.29, 0.717) is 0 Å². The van der Waals surface area contributed by atoms with Crippen LogP contribution in [0.4, 0.5) is 0 Å². The van der Waals surface area contributed by atoms with Crippen LogP contribution < -0.4 is 46.7 Å². The summed E-state index contributed by atoms with van der Waals surface area (Å²) >= 11 is 0. The lowest BCUT2D eigenvalue weighted by Gasteiger charge is -2.36. The first kappa shape index (κ1) is 28.2. The third-order valence-corrected chi connectivity index (χ3v) is 17.5. The van der Waals surface area contributed by atoms with Crippen molar-refractivity contribution in [2.45, 2.75) is 45.8 Å². The Morgan fingerprint density at radius 3 is 1.11 bits per heavy atom. The van der Waals surface area contributed by atoms with Crippen molar-refractivity contribution >= 4 is 101 Å². The molecular weight excluding hydrogens is 541 g/mol. The molecule has 0 saturated heterocycles. The zero-order chi connectivity index (χ0) is 26.6. The SMILES string of the molecule is C[Si]c1cccc([Si](c2cccc([Si]C)c2)(c2cccc([Si]C)c2)c2cc([Si](C)C)cc([Si](C)C)c2)c1. The molecule has 6 heteroatoms. The lowest BCUT2D eigenvalue weighted by atomic mass is 10.3. The van der Waals surface area contributed by atoms with Gasteiger partial charge in [0.1, 0.15) is 0 Å². The molecule has 0 aliphatic rings. The number of benzene rings is 4. The first-order chi connectivity index (χ1) is 17.8. The molecule has 0 heterocycles. The smallest absolute Gasteiger partial charge is 0.0688 e. The number of hydrogen-bond acceptors (Lipinski definition) is 0. The van der Waals surface area contributed by atoms with E-state index >= 15 is 0 Å². The molecule has 0 fully saturated rings. The van der Waals surface area contributed by atoms with Crippen molar-refractivity contribution in [1.82, 2.24) is 0 Å². The normalized spacial score (nSPS) is 11.9.